The Kier molecular flexibility index (Phi) is 4.09. The van der Waals surface area contributed by atoms with Crippen molar-refractivity contribution in [1.82, 2.24) is 15.5 Å². The third kappa shape index (κ3) is 3.53. The fraction of sp³-hybridized carbons (Fsp3) is 0.417. The molecule has 0 bridgehead atoms. The second-order valence-electron chi connectivity index (χ2n) is 4.00. The van der Waals surface area contributed by atoms with Crippen LogP contribution in [0.5, 0.6) is 0 Å². The number of rotatable bonds is 4. The first-order valence-electron chi connectivity index (χ1n) is 5.71. The molecule has 1 heterocycles. The second kappa shape index (κ2) is 5.77. The summed E-state index contributed by atoms with van der Waals surface area (Å²) in [5.41, 5.74) is 1.74. The standard InChI is InChI=1S/C12H14ClN3O/c13-11-6-5-10(15-16-11)12(17)14-8-7-9-3-1-2-4-9/h3,5-6H,1-2,4,7-8H2,(H,14,17). The van der Waals surface area contributed by atoms with Crippen molar-refractivity contribution in [2.45, 2.75) is 25.7 Å². The molecule has 0 spiro atoms. The lowest BCUT2D eigenvalue weighted by Gasteiger charge is -2.04. The third-order valence-electron chi connectivity index (χ3n) is 2.73. The molecule has 17 heavy (non-hydrogen) atoms. The van der Waals surface area contributed by atoms with E-state index in [1.165, 1.54) is 18.4 Å². The van der Waals surface area contributed by atoms with Gasteiger partial charge in [-0.25, -0.2) is 0 Å². The second-order valence-corrected chi connectivity index (χ2v) is 4.39. The average molecular weight is 252 g/mol. The number of carbonyl (C=O) groups is 1. The molecule has 1 aromatic heterocycles. The molecule has 0 unspecified atom stereocenters. The number of hydrogen-bond acceptors (Lipinski definition) is 3. The molecule has 0 saturated carbocycles. The molecule has 1 aliphatic carbocycles. The van der Waals surface area contributed by atoms with Gasteiger partial charge in [-0.3, -0.25) is 4.79 Å². The van der Waals surface area contributed by atoms with Gasteiger partial charge in [0.05, 0.1) is 0 Å². The Bertz CT molecular complexity index is 428. The van der Waals surface area contributed by atoms with E-state index in [2.05, 4.69) is 21.6 Å². The van der Waals surface area contributed by atoms with Crippen LogP contribution in [0.4, 0.5) is 0 Å². The molecule has 0 saturated heterocycles. The average Bonchev–Trinajstić information content (AvgIpc) is 2.83. The molecular formula is C12H14ClN3O. The van der Waals surface area contributed by atoms with E-state index in [-0.39, 0.29) is 11.1 Å². The summed E-state index contributed by atoms with van der Waals surface area (Å²) < 4.78 is 0. The van der Waals surface area contributed by atoms with Crippen LogP contribution in [0.3, 0.4) is 0 Å². The minimum absolute atomic E-state index is 0.201. The molecule has 1 amide bonds. The van der Waals surface area contributed by atoms with E-state index < -0.39 is 0 Å². The van der Waals surface area contributed by atoms with Gasteiger partial charge in [0.2, 0.25) is 0 Å². The fourth-order valence-corrected chi connectivity index (χ4v) is 1.93. The lowest BCUT2D eigenvalue weighted by molar-refractivity contribution is 0.0948. The first-order chi connectivity index (χ1) is 8.25. The fourth-order valence-electron chi connectivity index (χ4n) is 1.83. The predicted molar refractivity (Wildman–Crippen MR) is 65.9 cm³/mol. The molecule has 0 radical (unpaired) electrons. The molecule has 0 fully saturated rings. The van der Waals surface area contributed by atoms with Crippen molar-refractivity contribution in [3.05, 3.63) is 34.6 Å². The summed E-state index contributed by atoms with van der Waals surface area (Å²) in [6, 6.07) is 3.13. The maximum atomic E-state index is 11.7. The molecule has 2 rings (SSSR count). The van der Waals surface area contributed by atoms with E-state index in [4.69, 9.17) is 11.6 Å². The largest absolute Gasteiger partial charge is 0.350 e. The van der Waals surface area contributed by atoms with Gasteiger partial charge in [0.1, 0.15) is 0 Å². The molecule has 1 aliphatic rings. The Morgan fingerprint density at radius 1 is 1.41 bits per heavy atom. The lowest BCUT2D eigenvalue weighted by atomic mass is 10.2. The predicted octanol–water partition coefficient (Wildman–Crippen LogP) is 2.36. The molecular weight excluding hydrogens is 238 g/mol. The summed E-state index contributed by atoms with van der Waals surface area (Å²) in [7, 11) is 0. The number of nitrogens with one attached hydrogen (secondary N) is 1. The first-order valence-corrected chi connectivity index (χ1v) is 6.09. The lowest BCUT2D eigenvalue weighted by Crippen LogP contribution is -2.25. The van der Waals surface area contributed by atoms with Crippen molar-refractivity contribution in [2.24, 2.45) is 0 Å². The van der Waals surface area contributed by atoms with Gasteiger partial charge in [-0.15, -0.1) is 10.2 Å². The number of carbonyl (C=O) groups excluding carboxylic acids is 1. The van der Waals surface area contributed by atoms with Crippen LogP contribution >= 0.6 is 11.6 Å². The van der Waals surface area contributed by atoms with E-state index in [1.807, 2.05) is 0 Å². The van der Waals surface area contributed by atoms with Crippen molar-refractivity contribution < 1.29 is 4.79 Å². The maximum Gasteiger partial charge on any atom is 0.271 e. The van der Waals surface area contributed by atoms with Gasteiger partial charge in [-0.1, -0.05) is 23.3 Å². The van der Waals surface area contributed by atoms with Crippen LogP contribution in [-0.2, 0) is 0 Å². The molecule has 5 heteroatoms. The molecule has 0 atom stereocenters. The Labute approximate surface area is 105 Å². The zero-order valence-corrected chi connectivity index (χ0v) is 10.2. The number of amides is 1. The zero-order valence-electron chi connectivity index (χ0n) is 9.45. The van der Waals surface area contributed by atoms with Crippen LogP contribution in [0.1, 0.15) is 36.2 Å². The highest BCUT2D eigenvalue weighted by molar-refractivity contribution is 6.29. The highest BCUT2D eigenvalue weighted by atomic mass is 35.5. The van der Waals surface area contributed by atoms with Gasteiger partial charge in [0, 0.05) is 6.54 Å². The van der Waals surface area contributed by atoms with Gasteiger partial charge in [0.25, 0.3) is 5.91 Å². The van der Waals surface area contributed by atoms with Crippen LogP contribution < -0.4 is 5.32 Å². The molecule has 1 N–H and O–H groups in total. The van der Waals surface area contributed by atoms with Gasteiger partial charge in [0.15, 0.2) is 10.8 Å². The number of aromatic nitrogens is 2. The maximum absolute atomic E-state index is 11.7. The van der Waals surface area contributed by atoms with Crippen LogP contribution in [0.2, 0.25) is 5.15 Å². The van der Waals surface area contributed by atoms with Crippen molar-refractivity contribution in [3.8, 4) is 0 Å². The minimum atomic E-state index is -0.201. The summed E-state index contributed by atoms with van der Waals surface area (Å²) in [4.78, 5) is 11.7. The third-order valence-corrected chi connectivity index (χ3v) is 2.93. The monoisotopic (exact) mass is 251 g/mol. The SMILES string of the molecule is O=C(NCCC1=CCCC1)c1ccc(Cl)nn1. The van der Waals surface area contributed by atoms with Crippen LogP contribution in [0, 0.1) is 0 Å². The Hall–Kier alpha value is -1.42. The highest BCUT2D eigenvalue weighted by Crippen LogP contribution is 2.19. The van der Waals surface area contributed by atoms with E-state index in [9.17, 15) is 4.79 Å². The Morgan fingerprint density at radius 2 is 2.29 bits per heavy atom. The minimum Gasteiger partial charge on any atom is -0.350 e. The smallest absolute Gasteiger partial charge is 0.271 e. The van der Waals surface area contributed by atoms with Crippen molar-refractivity contribution >= 4 is 17.5 Å². The highest BCUT2D eigenvalue weighted by Gasteiger charge is 2.08. The molecule has 0 aromatic carbocycles. The van der Waals surface area contributed by atoms with Gasteiger partial charge >= 0.3 is 0 Å². The van der Waals surface area contributed by atoms with Crippen LogP contribution in [0.25, 0.3) is 0 Å². The van der Waals surface area contributed by atoms with E-state index in [1.54, 1.807) is 12.1 Å². The van der Waals surface area contributed by atoms with E-state index >= 15 is 0 Å². The molecule has 90 valence electrons. The Balaban J connectivity index is 1.79. The van der Waals surface area contributed by atoms with Gasteiger partial charge < -0.3 is 5.32 Å². The van der Waals surface area contributed by atoms with Gasteiger partial charge in [-0.05, 0) is 37.8 Å². The Morgan fingerprint density at radius 3 is 2.94 bits per heavy atom. The van der Waals surface area contributed by atoms with Crippen molar-refractivity contribution in [3.63, 3.8) is 0 Å². The summed E-state index contributed by atoms with van der Waals surface area (Å²) in [6.45, 7) is 0.648. The summed E-state index contributed by atoms with van der Waals surface area (Å²) in [6.07, 6.45) is 6.76. The summed E-state index contributed by atoms with van der Waals surface area (Å²) in [5.74, 6) is -0.201. The topological polar surface area (TPSA) is 54.9 Å². The number of hydrogen-bond donors (Lipinski definition) is 1. The normalized spacial score (nSPS) is 14.5. The van der Waals surface area contributed by atoms with Crippen molar-refractivity contribution in [1.29, 1.82) is 0 Å². The van der Waals surface area contributed by atoms with E-state index in [0.29, 0.717) is 12.2 Å². The van der Waals surface area contributed by atoms with E-state index in [0.717, 1.165) is 12.8 Å². The van der Waals surface area contributed by atoms with Crippen molar-refractivity contribution in [2.75, 3.05) is 6.54 Å². The summed E-state index contributed by atoms with van der Waals surface area (Å²) >= 11 is 5.59. The molecule has 0 aliphatic heterocycles. The molecule has 1 aromatic rings. The van der Waals surface area contributed by atoms with Gasteiger partial charge in [-0.2, -0.15) is 0 Å². The number of allylic oxidation sites excluding steroid dienone is 1. The quantitative estimate of drug-likeness (QED) is 0.836. The number of halogens is 1. The zero-order chi connectivity index (χ0) is 12.1. The van der Waals surface area contributed by atoms with Crippen LogP contribution in [-0.4, -0.2) is 22.6 Å². The number of nitrogens with zero attached hydrogens (tertiary/aromatic N) is 2. The summed E-state index contributed by atoms with van der Waals surface area (Å²) in [5, 5.41) is 10.5. The molecule has 4 nitrogen and oxygen atoms in total. The first kappa shape index (κ1) is 12.0. The van der Waals surface area contributed by atoms with Crippen LogP contribution in [0.15, 0.2) is 23.8 Å².